The first-order chi connectivity index (χ1) is 8.35. The van der Waals surface area contributed by atoms with Crippen molar-refractivity contribution in [2.24, 2.45) is 5.41 Å². The standard InChI is InChI=1S/C16H22N2/c1-15(2)12-8-6-7-9-13(12)18-11-17(5)10-14(18)16(15,3)4/h6-10H,11H2,1-5H3. The molecule has 3 rings (SSSR count). The molecule has 0 fully saturated rings. The van der Waals surface area contributed by atoms with Gasteiger partial charge in [0.2, 0.25) is 0 Å². The smallest absolute Gasteiger partial charge is 0.0942 e. The maximum Gasteiger partial charge on any atom is 0.0942 e. The zero-order valence-corrected chi connectivity index (χ0v) is 12.0. The Hall–Kier alpha value is -1.44. The van der Waals surface area contributed by atoms with E-state index < -0.39 is 0 Å². The Morgan fingerprint density at radius 1 is 1.00 bits per heavy atom. The molecule has 1 aromatic carbocycles. The highest BCUT2D eigenvalue weighted by Gasteiger charge is 2.50. The molecule has 0 bridgehead atoms. The van der Waals surface area contributed by atoms with E-state index in [1.165, 1.54) is 16.9 Å². The molecule has 0 aliphatic carbocycles. The molecule has 18 heavy (non-hydrogen) atoms. The van der Waals surface area contributed by atoms with Gasteiger partial charge in [-0.2, -0.15) is 0 Å². The minimum Gasteiger partial charge on any atom is -0.361 e. The van der Waals surface area contributed by atoms with Crippen LogP contribution in [0, 0.1) is 5.41 Å². The lowest BCUT2D eigenvalue weighted by Gasteiger charge is -2.51. The first kappa shape index (κ1) is 11.6. The van der Waals surface area contributed by atoms with Crippen LogP contribution >= 0.6 is 0 Å². The van der Waals surface area contributed by atoms with Gasteiger partial charge in [0, 0.05) is 35.5 Å². The van der Waals surface area contributed by atoms with Crippen molar-refractivity contribution >= 4 is 5.69 Å². The monoisotopic (exact) mass is 242 g/mol. The third kappa shape index (κ3) is 1.23. The van der Waals surface area contributed by atoms with Crippen molar-refractivity contribution in [3.8, 4) is 0 Å². The molecule has 2 aliphatic rings. The second-order valence-corrected chi connectivity index (χ2v) is 6.61. The summed E-state index contributed by atoms with van der Waals surface area (Å²) in [6.45, 7) is 10.4. The van der Waals surface area contributed by atoms with Crippen LogP contribution in [0.15, 0.2) is 36.2 Å². The third-order valence-electron chi connectivity index (χ3n) is 5.07. The molecule has 2 heteroatoms. The van der Waals surface area contributed by atoms with Gasteiger partial charge in [0.25, 0.3) is 0 Å². The number of hydrogen-bond donors (Lipinski definition) is 0. The third-order valence-corrected chi connectivity index (χ3v) is 5.07. The van der Waals surface area contributed by atoms with Crippen molar-refractivity contribution in [2.75, 3.05) is 18.6 Å². The fourth-order valence-corrected chi connectivity index (χ4v) is 3.22. The molecule has 0 N–H and O–H groups in total. The molecule has 2 heterocycles. The predicted molar refractivity (Wildman–Crippen MR) is 76.4 cm³/mol. The van der Waals surface area contributed by atoms with E-state index in [1.807, 2.05) is 0 Å². The minimum absolute atomic E-state index is 0.145. The van der Waals surface area contributed by atoms with Gasteiger partial charge in [-0.3, -0.25) is 0 Å². The van der Waals surface area contributed by atoms with Gasteiger partial charge in [-0.1, -0.05) is 45.9 Å². The van der Waals surface area contributed by atoms with E-state index in [2.05, 4.69) is 75.0 Å². The fraction of sp³-hybridized carbons (Fsp3) is 0.500. The lowest BCUT2D eigenvalue weighted by Crippen LogP contribution is -2.48. The van der Waals surface area contributed by atoms with Crippen LogP contribution in [0.1, 0.15) is 33.3 Å². The van der Waals surface area contributed by atoms with Crippen LogP contribution in [0.2, 0.25) is 0 Å². The first-order valence-corrected chi connectivity index (χ1v) is 6.65. The van der Waals surface area contributed by atoms with Crippen molar-refractivity contribution in [2.45, 2.75) is 33.1 Å². The lowest BCUT2D eigenvalue weighted by molar-refractivity contribution is 0.235. The molecule has 0 saturated heterocycles. The van der Waals surface area contributed by atoms with Gasteiger partial charge < -0.3 is 9.80 Å². The highest BCUT2D eigenvalue weighted by molar-refractivity contribution is 5.67. The quantitative estimate of drug-likeness (QED) is 0.686. The first-order valence-electron chi connectivity index (χ1n) is 6.65. The molecule has 0 amide bonds. The number of nitrogens with zero attached hydrogens (tertiary/aromatic N) is 2. The molecule has 0 unspecified atom stereocenters. The number of allylic oxidation sites excluding steroid dienone is 1. The van der Waals surface area contributed by atoms with Gasteiger partial charge in [0.05, 0.1) is 6.67 Å². The van der Waals surface area contributed by atoms with Crippen molar-refractivity contribution in [3.63, 3.8) is 0 Å². The maximum absolute atomic E-state index is 2.46. The van der Waals surface area contributed by atoms with Crippen molar-refractivity contribution < 1.29 is 0 Å². The maximum atomic E-state index is 2.46. The summed E-state index contributed by atoms with van der Waals surface area (Å²) in [7, 11) is 2.15. The molecule has 0 aromatic heterocycles. The Balaban J connectivity index is 2.29. The number of para-hydroxylation sites is 1. The molecule has 96 valence electrons. The number of anilines is 1. The Morgan fingerprint density at radius 3 is 2.39 bits per heavy atom. The Bertz CT molecular complexity index is 526. The topological polar surface area (TPSA) is 6.48 Å². The molecule has 1 aromatic rings. The zero-order valence-electron chi connectivity index (χ0n) is 12.0. The molecule has 2 nitrogen and oxygen atoms in total. The van der Waals surface area contributed by atoms with E-state index >= 15 is 0 Å². The SMILES string of the molecule is CN1C=C2N(C1)c1ccccc1C(C)(C)C2(C)C. The van der Waals surface area contributed by atoms with Crippen molar-refractivity contribution in [1.82, 2.24) is 4.90 Å². The van der Waals surface area contributed by atoms with Crippen LogP contribution in [0.4, 0.5) is 5.69 Å². The Labute approximate surface area is 110 Å². The van der Waals surface area contributed by atoms with Crippen LogP contribution in [0.3, 0.4) is 0 Å². The fourth-order valence-electron chi connectivity index (χ4n) is 3.22. The number of benzene rings is 1. The summed E-state index contributed by atoms with van der Waals surface area (Å²) in [4.78, 5) is 4.73. The van der Waals surface area contributed by atoms with Gasteiger partial charge in [-0.25, -0.2) is 0 Å². The largest absolute Gasteiger partial charge is 0.361 e. The summed E-state index contributed by atoms with van der Waals surface area (Å²) in [5.41, 5.74) is 4.57. The van der Waals surface area contributed by atoms with Gasteiger partial charge >= 0.3 is 0 Å². The number of rotatable bonds is 0. The summed E-state index contributed by atoms with van der Waals surface area (Å²) >= 11 is 0. The zero-order chi connectivity index (χ0) is 13.1. The van der Waals surface area contributed by atoms with Gasteiger partial charge in [-0.15, -0.1) is 0 Å². The average Bonchev–Trinajstić information content (AvgIpc) is 2.70. The number of fused-ring (bicyclic) bond motifs is 3. The summed E-state index contributed by atoms with van der Waals surface area (Å²) in [6.07, 6.45) is 2.30. The highest BCUT2D eigenvalue weighted by Crippen LogP contribution is 2.56. The molecule has 0 atom stereocenters. The summed E-state index contributed by atoms with van der Waals surface area (Å²) in [6, 6.07) is 8.83. The van der Waals surface area contributed by atoms with Gasteiger partial charge in [0.15, 0.2) is 0 Å². The van der Waals surface area contributed by atoms with E-state index in [9.17, 15) is 0 Å². The van der Waals surface area contributed by atoms with Crippen LogP contribution < -0.4 is 4.90 Å². The molecule has 0 saturated carbocycles. The lowest BCUT2D eigenvalue weighted by atomic mass is 9.60. The van der Waals surface area contributed by atoms with Crippen LogP contribution in [0.5, 0.6) is 0 Å². The number of hydrogen-bond acceptors (Lipinski definition) is 2. The average molecular weight is 242 g/mol. The predicted octanol–water partition coefficient (Wildman–Crippen LogP) is 3.55. The van der Waals surface area contributed by atoms with Crippen molar-refractivity contribution in [3.05, 3.63) is 41.7 Å². The molecular weight excluding hydrogens is 220 g/mol. The molecular formula is C16H22N2. The van der Waals surface area contributed by atoms with Crippen molar-refractivity contribution in [1.29, 1.82) is 0 Å². The summed E-state index contributed by atoms with van der Waals surface area (Å²) in [5.74, 6) is 0. The van der Waals surface area contributed by atoms with Crippen LogP contribution in [-0.2, 0) is 5.41 Å². The van der Waals surface area contributed by atoms with Gasteiger partial charge in [-0.05, 0) is 11.6 Å². The van der Waals surface area contributed by atoms with E-state index in [-0.39, 0.29) is 10.8 Å². The normalized spacial score (nSPS) is 23.5. The molecule has 0 spiro atoms. The van der Waals surface area contributed by atoms with Crippen LogP contribution in [0.25, 0.3) is 0 Å². The second-order valence-electron chi connectivity index (χ2n) is 6.61. The Kier molecular flexibility index (Phi) is 2.14. The summed E-state index contributed by atoms with van der Waals surface area (Å²) in [5, 5.41) is 0. The second kappa shape index (κ2) is 3.31. The van der Waals surface area contributed by atoms with E-state index in [1.54, 1.807) is 0 Å². The van der Waals surface area contributed by atoms with E-state index in [4.69, 9.17) is 0 Å². The summed E-state index contributed by atoms with van der Waals surface area (Å²) < 4.78 is 0. The highest BCUT2D eigenvalue weighted by atomic mass is 15.4. The minimum atomic E-state index is 0.145. The Morgan fingerprint density at radius 2 is 1.67 bits per heavy atom. The van der Waals surface area contributed by atoms with Gasteiger partial charge in [0.1, 0.15) is 0 Å². The molecule has 2 aliphatic heterocycles. The molecule has 0 radical (unpaired) electrons. The van der Waals surface area contributed by atoms with E-state index in [0.29, 0.717) is 0 Å². The van der Waals surface area contributed by atoms with Crippen LogP contribution in [-0.4, -0.2) is 18.6 Å². The van der Waals surface area contributed by atoms with E-state index in [0.717, 1.165) is 6.67 Å².